The number of ketones is 1. The van der Waals surface area contributed by atoms with Crippen LogP contribution in [0.15, 0.2) is 66.9 Å². The van der Waals surface area contributed by atoms with Crippen LogP contribution < -0.4 is 0 Å². The molecule has 3 heterocycles. The molecular weight excluding hydrogens is 404 g/mol. The number of carbonyl (C=O) groups is 1. The van der Waals surface area contributed by atoms with Crippen molar-refractivity contribution < 1.29 is 19.4 Å². The van der Waals surface area contributed by atoms with E-state index in [1.165, 1.54) is 0 Å². The van der Waals surface area contributed by atoms with Gasteiger partial charge in [0.05, 0.1) is 18.2 Å². The minimum atomic E-state index is -0.833. The van der Waals surface area contributed by atoms with Crippen molar-refractivity contribution in [1.82, 2.24) is 9.55 Å². The number of para-hydroxylation sites is 1. The Morgan fingerprint density at radius 1 is 1.00 bits per heavy atom. The van der Waals surface area contributed by atoms with Crippen molar-refractivity contribution in [3.05, 3.63) is 78.1 Å². The molecule has 2 aromatic heterocycles. The summed E-state index contributed by atoms with van der Waals surface area (Å²) < 4.78 is 13.8. The molecule has 32 heavy (non-hydrogen) atoms. The molecule has 164 valence electrons. The van der Waals surface area contributed by atoms with E-state index in [9.17, 15) is 9.90 Å². The average Bonchev–Trinajstić information content (AvgIpc) is 3.28. The van der Waals surface area contributed by atoms with E-state index in [-0.39, 0.29) is 18.8 Å². The van der Waals surface area contributed by atoms with Gasteiger partial charge >= 0.3 is 0 Å². The first-order valence-electron chi connectivity index (χ1n) is 10.9. The highest BCUT2D eigenvalue weighted by molar-refractivity contribution is 6.15. The molecule has 0 spiro atoms. The van der Waals surface area contributed by atoms with Crippen molar-refractivity contribution in [1.29, 1.82) is 0 Å². The fourth-order valence-corrected chi connectivity index (χ4v) is 4.65. The Balaban J connectivity index is 1.60. The average molecular weight is 431 g/mol. The molecule has 1 aliphatic rings. The van der Waals surface area contributed by atoms with Crippen molar-refractivity contribution in [3.63, 3.8) is 0 Å². The summed E-state index contributed by atoms with van der Waals surface area (Å²) in [4.78, 5) is 18.0. The van der Waals surface area contributed by atoms with E-state index >= 15 is 0 Å². The SMILES string of the molecule is CC1(C)OC(CO)C(CC(=O)c2nccc3c4ccccc4n(Cc4ccccc4)c23)O1. The second-order valence-corrected chi connectivity index (χ2v) is 8.67. The van der Waals surface area contributed by atoms with Crippen LogP contribution in [0.1, 0.15) is 36.3 Å². The number of ether oxygens (including phenoxy) is 2. The van der Waals surface area contributed by atoms with Gasteiger partial charge in [0.1, 0.15) is 11.8 Å². The second kappa shape index (κ2) is 8.13. The van der Waals surface area contributed by atoms with E-state index in [1.54, 1.807) is 20.0 Å². The predicted octanol–water partition coefficient (Wildman–Crippen LogP) is 4.32. The molecule has 6 heteroatoms. The van der Waals surface area contributed by atoms with Gasteiger partial charge in [0.15, 0.2) is 11.6 Å². The Bertz CT molecular complexity index is 1280. The summed E-state index contributed by atoms with van der Waals surface area (Å²) in [5.41, 5.74) is 3.44. The van der Waals surface area contributed by atoms with Gasteiger partial charge in [0.2, 0.25) is 0 Å². The van der Waals surface area contributed by atoms with Crippen LogP contribution in [0, 0.1) is 0 Å². The van der Waals surface area contributed by atoms with Crippen LogP contribution in [0.2, 0.25) is 0 Å². The van der Waals surface area contributed by atoms with Crippen molar-refractivity contribution >= 4 is 27.6 Å². The van der Waals surface area contributed by atoms with E-state index in [1.807, 2.05) is 36.4 Å². The number of hydrogen-bond donors (Lipinski definition) is 1. The Kier molecular flexibility index (Phi) is 5.29. The molecule has 2 unspecified atom stereocenters. The van der Waals surface area contributed by atoms with Gasteiger partial charge in [0, 0.05) is 35.5 Å². The molecule has 1 saturated heterocycles. The number of fused-ring (bicyclic) bond motifs is 3. The van der Waals surface area contributed by atoms with Crippen LogP contribution in [0.25, 0.3) is 21.8 Å². The molecule has 4 aromatic rings. The molecule has 1 aliphatic heterocycles. The number of carbonyl (C=O) groups excluding carboxylic acids is 1. The molecule has 2 aromatic carbocycles. The molecule has 5 rings (SSSR count). The summed E-state index contributed by atoms with van der Waals surface area (Å²) in [6.07, 6.45) is 0.719. The van der Waals surface area contributed by atoms with Crippen molar-refractivity contribution in [3.8, 4) is 0 Å². The van der Waals surface area contributed by atoms with E-state index in [0.717, 1.165) is 27.4 Å². The molecule has 1 N–H and O–H groups in total. The third-order valence-corrected chi connectivity index (χ3v) is 5.98. The smallest absolute Gasteiger partial charge is 0.186 e. The van der Waals surface area contributed by atoms with Gasteiger partial charge in [-0.05, 0) is 31.5 Å². The first-order chi connectivity index (χ1) is 15.5. The lowest BCUT2D eigenvalue weighted by Gasteiger charge is -2.16. The molecule has 6 nitrogen and oxygen atoms in total. The molecule has 0 radical (unpaired) electrons. The zero-order valence-electron chi connectivity index (χ0n) is 18.2. The number of aliphatic hydroxyl groups is 1. The Morgan fingerprint density at radius 3 is 2.50 bits per heavy atom. The van der Waals surface area contributed by atoms with Gasteiger partial charge in [-0.1, -0.05) is 48.5 Å². The summed E-state index contributed by atoms with van der Waals surface area (Å²) in [7, 11) is 0. The van der Waals surface area contributed by atoms with E-state index in [0.29, 0.717) is 12.2 Å². The van der Waals surface area contributed by atoms with Gasteiger partial charge in [-0.15, -0.1) is 0 Å². The second-order valence-electron chi connectivity index (χ2n) is 8.67. The number of aromatic nitrogens is 2. The number of rotatable bonds is 6. The number of Topliss-reactive ketones (excluding diaryl/α,β-unsaturated/α-hetero) is 1. The van der Waals surface area contributed by atoms with Crippen LogP contribution in [0.3, 0.4) is 0 Å². The normalized spacial score (nSPS) is 20.2. The van der Waals surface area contributed by atoms with Gasteiger partial charge in [-0.25, -0.2) is 0 Å². The number of aliphatic hydroxyl groups excluding tert-OH is 1. The summed E-state index contributed by atoms with van der Waals surface area (Å²) in [6.45, 7) is 4.01. The van der Waals surface area contributed by atoms with E-state index < -0.39 is 18.0 Å². The molecular formula is C26H26N2O4. The fourth-order valence-electron chi connectivity index (χ4n) is 4.65. The standard InChI is InChI=1S/C26H26N2O4/c1-26(2)31-22(23(16-29)32-26)14-21(30)24-25-19(12-13-27-24)18-10-6-7-11-20(18)28(25)15-17-8-4-3-5-9-17/h3-13,22-23,29H,14-16H2,1-2H3. The van der Waals surface area contributed by atoms with Gasteiger partial charge in [-0.3, -0.25) is 9.78 Å². The van der Waals surface area contributed by atoms with E-state index in [2.05, 4.69) is 33.8 Å². The zero-order valence-corrected chi connectivity index (χ0v) is 18.2. The molecule has 2 atom stereocenters. The highest BCUT2D eigenvalue weighted by Gasteiger charge is 2.42. The monoisotopic (exact) mass is 430 g/mol. The van der Waals surface area contributed by atoms with Crippen molar-refractivity contribution in [2.24, 2.45) is 0 Å². The highest BCUT2D eigenvalue weighted by atomic mass is 16.8. The summed E-state index contributed by atoms with van der Waals surface area (Å²) in [6, 6.07) is 20.3. The molecule has 0 saturated carbocycles. The first-order valence-corrected chi connectivity index (χ1v) is 10.9. The minimum absolute atomic E-state index is 0.0909. The quantitative estimate of drug-likeness (QED) is 0.461. The molecule has 0 amide bonds. The maximum absolute atomic E-state index is 13.5. The molecule has 1 fully saturated rings. The van der Waals surface area contributed by atoms with Crippen LogP contribution in [-0.2, 0) is 16.0 Å². The number of benzene rings is 2. The number of pyridine rings is 1. The lowest BCUT2D eigenvalue weighted by molar-refractivity contribution is -0.148. The van der Waals surface area contributed by atoms with Gasteiger partial charge in [-0.2, -0.15) is 0 Å². The molecule has 0 aliphatic carbocycles. The van der Waals surface area contributed by atoms with Crippen LogP contribution in [-0.4, -0.2) is 45.0 Å². The first kappa shape index (κ1) is 20.8. The van der Waals surface area contributed by atoms with Gasteiger partial charge < -0.3 is 19.1 Å². The molecule has 0 bridgehead atoms. The fraction of sp³-hybridized carbons (Fsp3) is 0.308. The number of nitrogens with zero attached hydrogens (tertiary/aromatic N) is 2. The van der Waals surface area contributed by atoms with E-state index in [4.69, 9.17) is 9.47 Å². The van der Waals surface area contributed by atoms with Gasteiger partial charge in [0.25, 0.3) is 0 Å². The lowest BCUT2D eigenvalue weighted by Crippen LogP contribution is -2.29. The van der Waals surface area contributed by atoms with Crippen LogP contribution in [0.5, 0.6) is 0 Å². The zero-order chi connectivity index (χ0) is 22.3. The largest absolute Gasteiger partial charge is 0.394 e. The Morgan fingerprint density at radius 2 is 1.72 bits per heavy atom. The number of hydrogen-bond acceptors (Lipinski definition) is 5. The summed E-state index contributed by atoms with van der Waals surface area (Å²) >= 11 is 0. The summed E-state index contributed by atoms with van der Waals surface area (Å²) in [5.74, 6) is -0.961. The van der Waals surface area contributed by atoms with Crippen LogP contribution >= 0.6 is 0 Å². The topological polar surface area (TPSA) is 73.6 Å². The lowest BCUT2D eigenvalue weighted by atomic mass is 10.0. The predicted molar refractivity (Wildman–Crippen MR) is 123 cm³/mol. The third kappa shape index (κ3) is 3.71. The van der Waals surface area contributed by atoms with Crippen molar-refractivity contribution in [2.45, 2.75) is 44.8 Å². The van der Waals surface area contributed by atoms with Crippen LogP contribution in [0.4, 0.5) is 0 Å². The Labute approximate surface area is 186 Å². The Hall–Kier alpha value is -3.06. The summed E-state index contributed by atoms with van der Waals surface area (Å²) in [5, 5.41) is 11.8. The minimum Gasteiger partial charge on any atom is -0.394 e. The van der Waals surface area contributed by atoms with Crippen molar-refractivity contribution in [2.75, 3.05) is 6.61 Å². The maximum Gasteiger partial charge on any atom is 0.186 e. The third-order valence-electron chi connectivity index (χ3n) is 5.98. The highest BCUT2D eigenvalue weighted by Crippen LogP contribution is 2.34. The maximum atomic E-state index is 13.5.